The second-order valence-corrected chi connectivity index (χ2v) is 5.59. The lowest BCUT2D eigenvalue weighted by molar-refractivity contribution is -0.145. The molecule has 0 saturated carbocycles. The number of aliphatic hydroxyl groups excluding tert-OH is 1. The highest BCUT2D eigenvalue weighted by Gasteiger charge is 2.32. The Morgan fingerprint density at radius 1 is 1.14 bits per heavy atom. The molecule has 0 bridgehead atoms. The minimum Gasteiger partial charge on any atom is -0.480 e. The summed E-state index contributed by atoms with van der Waals surface area (Å²) in [4.78, 5) is 35.1. The number of amides is 2. The molecule has 5 atom stereocenters. The Kier molecular flexibility index (Phi) is 9.07. The molecule has 0 aliphatic heterocycles. The van der Waals surface area contributed by atoms with E-state index in [1.165, 1.54) is 6.92 Å². The highest BCUT2D eigenvalue weighted by molar-refractivity contribution is 7.80. The fraction of sp³-hybridized carbons (Fsp3) is 0.769. The predicted octanol–water partition coefficient (Wildman–Crippen LogP) is -1.28. The standard InChI is InChI=1S/C13H25N3O5S/c1-4-6(2)9(15-11(18)8(14)5-22)12(19)16-10(7(3)17)13(20)21/h6-10,17,22H,4-5,14H2,1-3H3,(H,15,18)(H,16,19)(H,20,21). The van der Waals surface area contributed by atoms with E-state index in [9.17, 15) is 19.5 Å². The number of carboxylic acids is 1. The summed E-state index contributed by atoms with van der Waals surface area (Å²) in [6.45, 7) is 4.83. The summed E-state index contributed by atoms with van der Waals surface area (Å²) < 4.78 is 0. The fourth-order valence-corrected chi connectivity index (χ4v) is 1.84. The summed E-state index contributed by atoms with van der Waals surface area (Å²) in [6, 6.07) is -3.26. The maximum atomic E-state index is 12.2. The topological polar surface area (TPSA) is 142 Å². The number of carboxylic acid groups (broad SMARTS) is 1. The van der Waals surface area contributed by atoms with Crippen LogP contribution in [-0.2, 0) is 14.4 Å². The lowest BCUT2D eigenvalue weighted by Gasteiger charge is -2.27. The van der Waals surface area contributed by atoms with E-state index >= 15 is 0 Å². The van der Waals surface area contributed by atoms with Crippen molar-refractivity contribution in [2.24, 2.45) is 11.7 Å². The van der Waals surface area contributed by atoms with Crippen molar-refractivity contribution in [3.8, 4) is 0 Å². The molecule has 0 aliphatic rings. The highest BCUT2D eigenvalue weighted by atomic mass is 32.1. The third-order valence-electron chi connectivity index (χ3n) is 3.37. The molecule has 0 fully saturated rings. The maximum absolute atomic E-state index is 12.2. The summed E-state index contributed by atoms with van der Waals surface area (Å²) in [5, 5.41) is 23.1. The van der Waals surface area contributed by atoms with Gasteiger partial charge in [-0.05, 0) is 12.8 Å². The summed E-state index contributed by atoms with van der Waals surface area (Å²) in [5.74, 6) is -2.70. The van der Waals surface area contributed by atoms with Crippen molar-refractivity contribution in [1.29, 1.82) is 0 Å². The maximum Gasteiger partial charge on any atom is 0.328 e. The number of aliphatic carboxylic acids is 1. The van der Waals surface area contributed by atoms with Crippen LogP contribution in [0.4, 0.5) is 0 Å². The van der Waals surface area contributed by atoms with Crippen LogP contribution in [-0.4, -0.2) is 58.0 Å². The number of aliphatic hydroxyl groups is 1. The predicted molar refractivity (Wildman–Crippen MR) is 84.5 cm³/mol. The summed E-state index contributed by atoms with van der Waals surface area (Å²) in [6.07, 6.45) is -0.685. The van der Waals surface area contributed by atoms with E-state index in [0.717, 1.165) is 0 Å². The molecule has 6 N–H and O–H groups in total. The Hall–Kier alpha value is -1.32. The Bertz CT molecular complexity index is 405. The van der Waals surface area contributed by atoms with Crippen molar-refractivity contribution >= 4 is 30.4 Å². The molecule has 8 nitrogen and oxygen atoms in total. The Labute approximate surface area is 135 Å². The number of nitrogens with two attached hydrogens (primary N) is 1. The minimum absolute atomic E-state index is 0.117. The second kappa shape index (κ2) is 9.65. The smallest absolute Gasteiger partial charge is 0.328 e. The third-order valence-corrected chi connectivity index (χ3v) is 3.77. The van der Waals surface area contributed by atoms with Gasteiger partial charge >= 0.3 is 5.97 Å². The molecule has 0 aliphatic carbocycles. The van der Waals surface area contributed by atoms with E-state index < -0.39 is 42.0 Å². The van der Waals surface area contributed by atoms with Gasteiger partial charge in [0.2, 0.25) is 11.8 Å². The molecule has 5 unspecified atom stereocenters. The van der Waals surface area contributed by atoms with Crippen LogP contribution in [0, 0.1) is 5.92 Å². The van der Waals surface area contributed by atoms with Crippen molar-refractivity contribution in [2.75, 3.05) is 5.75 Å². The van der Waals surface area contributed by atoms with Crippen LogP contribution in [0.25, 0.3) is 0 Å². The molecule has 0 spiro atoms. The van der Waals surface area contributed by atoms with Gasteiger partial charge in [-0.15, -0.1) is 0 Å². The van der Waals surface area contributed by atoms with Crippen LogP contribution in [0.3, 0.4) is 0 Å². The van der Waals surface area contributed by atoms with Gasteiger partial charge in [-0.2, -0.15) is 12.6 Å². The van der Waals surface area contributed by atoms with E-state index in [4.69, 9.17) is 10.8 Å². The van der Waals surface area contributed by atoms with Gasteiger partial charge in [0.15, 0.2) is 6.04 Å². The summed E-state index contributed by atoms with van der Waals surface area (Å²) in [7, 11) is 0. The number of hydrogen-bond acceptors (Lipinski definition) is 6. The SMILES string of the molecule is CCC(C)C(NC(=O)C(N)CS)C(=O)NC(C(=O)O)C(C)O. The second-order valence-electron chi connectivity index (χ2n) is 5.23. The zero-order chi connectivity index (χ0) is 17.4. The minimum atomic E-state index is -1.45. The molecule has 128 valence electrons. The largest absolute Gasteiger partial charge is 0.480 e. The van der Waals surface area contributed by atoms with Gasteiger partial charge in [0, 0.05) is 5.75 Å². The first-order valence-corrected chi connectivity index (χ1v) is 7.66. The zero-order valence-electron chi connectivity index (χ0n) is 12.9. The molecule has 0 heterocycles. The van der Waals surface area contributed by atoms with Gasteiger partial charge in [0.05, 0.1) is 12.1 Å². The van der Waals surface area contributed by atoms with Gasteiger partial charge < -0.3 is 26.6 Å². The molecule has 9 heteroatoms. The monoisotopic (exact) mass is 335 g/mol. The van der Waals surface area contributed by atoms with Crippen molar-refractivity contribution in [3.63, 3.8) is 0 Å². The molecule has 0 radical (unpaired) electrons. The van der Waals surface area contributed by atoms with E-state index in [1.54, 1.807) is 6.92 Å². The Balaban J connectivity index is 5.06. The average Bonchev–Trinajstić information content (AvgIpc) is 2.47. The molecule has 0 rings (SSSR count). The van der Waals surface area contributed by atoms with Crippen LogP contribution < -0.4 is 16.4 Å². The molecule has 0 aromatic heterocycles. The third kappa shape index (κ3) is 6.20. The number of carbonyl (C=O) groups is 3. The van der Waals surface area contributed by atoms with Crippen molar-refractivity contribution in [1.82, 2.24) is 10.6 Å². The van der Waals surface area contributed by atoms with E-state index in [0.29, 0.717) is 6.42 Å². The molecule has 0 aromatic rings. The first kappa shape index (κ1) is 20.7. The van der Waals surface area contributed by atoms with E-state index in [-0.39, 0.29) is 11.7 Å². The number of carbonyl (C=O) groups excluding carboxylic acids is 2. The van der Waals surface area contributed by atoms with Crippen LogP contribution in [0.5, 0.6) is 0 Å². The lowest BCUT2D eigenvalue weighted by Crippen LogP contribution is -2.58. The van der Waals surface area contributed by atoms with Gasteiger partial charge in [0.25, 0.3) is 0 Å². The Morgan fingerprint density at radius 3 is 2.00 bits per heavy atom. The van der Waals surface area contributed by atoms with Crippen molar-refractivity contribution in [2.45, 2.75) is 51.4 Å². The van der Waals surface area contributed by atoms with Crippen LogP contribution >= 0.6 is 12.6 Å². The average molecular weight is 335 g/mol. The normalized spacial score (nSPS) is 17.7. The molecule has 0 aromatic carbocycles. The molecular weight excluding hydrogens is 310 g/mol. The first-order valence-electron chi connectivity index (χ1n) is 7.03. The number of thiol groups is 1. The van der Waals surface area contributed by atoms with Crippen LogP contribution in [0.1, 0.15) is 27.2 Å². The van der Waals surface area contributed by atoms with Crippen LogP contribution in [0.15, 0.2) is 0 Å². The molecule has 2 amide bonds. The quantitative estimate of drug-likeness (QED) is 0.290. The summed E-state index contributed by atoms with van der Waals surface area (Å²) in [5.41, 5.74) is 5.55. The van der Waals surface area contributed by atoms with Crippen molar-refractivity contribution < 1.29 is 24.6 Å². The van der Waals surface area contributed by atoms with E-state index in [1.807, 2.05) is 6.92 Å². The van der Waals surface area contributed by atoms with Crippen molar-refractivity contribution in [3.05, 3.63) is 0 Å². The zero-order valence-corrected chi connectivity index (χ0v) is 13.8. The lowest BCUT2D eigenvalue weighted by atomic mass is 9.97. The highest BCUT2D eigenvalue weighted by Crippen LogP contribution is 2.09. The number of rotatable bonds is 9. The van der Waals surface area contributed by atoms with Crippen LogP contribution in [0.2, 0.25) is 0 Å². The Morgan fingerprint density at radius 2 is 1.64 bits per heavy atom. The molecule has 0 saturated heterocycles. The fourth-order valence-electron chi connectivity index (χ4n) is 1.68. The van der Waals surface area contributed by atoms with Gasteiger partial charge in [-0.1, -0.05) is 20.3 Å². The van der Waals surface area contributed by atoms with Gasteiger partial charge in [0.1, 0.15) is 6.04 Å². The first-order chi connectivity index (χ1) is 10.1. The molecular formula is C13H25N3O5S. The molecule has 22 heavy (non-hydrogen) atoms. The number of hydrogen-bond donors (Lipinski definition) is 6. The summed E-state index contributed by atoms with van der Waals surface area (Å²) >= 11 is 3.92. The van der Waals surface area contributed by atoms with Gasteiger partial charge in [-0.3, -0.25) is 9.59 Å². The van der Waals surface area contributed by atoms with E-state index in [2.05, 4.69) is 23.3 Å². The number of nitrogens with one attached hydrogen (secondary N) is 2. The van der Waals surface area contributed by atoms with Gasteiger partial charge in [-0.25, -0.2) is 4.79 Å².